The highest BCUT2D eigenvalue weighted by atomic mass is 19.2. The van der Waals surface area contributed by atoms with Crippen LogP contribution in [0.1, 0.15) is 11.4 Å². The maximum Gasteiger partial charge on any atom is 0.185 e. The Morgan fingerprint density at radius 1 is 0.917 bits per heavy atom. The van der Waals surface area contributed by atoms with Gasteiger partial charge in [-0.05, 0) is 44.2 Å². The molecule has 0 atom stereocenters. The van der Waals surface area contributed by atoms with Crippen molar-refractivity contribution in [3.63, 3.8) is 0 Å². The van der Waals surface area contributed by atoms with E-state index in [2.05, 4.69) is 20.6 Å². The Kier molecular flexibility index (Phi) is 4.55. The fourth-order valence-electron chi connectivity index (χ4n) is 2.54. The topological polar surface area (TPSA) is 49.8 Å². The maximum absolute atomic E-state index is 13.9. The van der Waals surface area contributed by atoms with Gasteiger partial charge < -0.3 is 10.6 Å². The number of rotatable bonds is 5. The van der Waals surface area contributed by atoms with Gasteiger partial charge in [0.15, 0.2) is 11.6 Å². The van der Waals surface area contributed by atoms with Crippen LogP contribution < -0.4 is 10.6 Å². The zero-order valence-corrected chi connectivity index (χ0v) is 13.5. The van der Waals surface area contributed by atoms with E-state index in [-0.39, 0.29) is 5.52 Å². The second-order valence-electron chi connectivity index (χ2n) is 5.59. The number of nitrogens with one attached hydrogen (secondary N) is 2. The molecule has 0 unspecified atom stereocenters. The first-order chi connectivity index (χ1) is 11.5. The predicted molar refractivity (Wildman–Crippen MR) is 92.3 cm³/mol. The third kappa shape index (κ3) is 3.42. The van der Waals surface area contributed by atoms with Gasteiger partial charge in [-0.25, -0.2) is 18.7 Å². The second kappa shape index (κ2) is 6.78. The minimum Gasteiger partial charge on any atom is -0.383 e. The Morgan fingerprint density at radius 3 is 2.50 bits per heavy atom. The van der Waals surface area contributed by atoms with Gasteiger partial charge in [0.25, 0.3) is 0 Å². The molecule has 0 aliphatic carbocycles. The van der Waals surface area contributed by atoms with Crippen LogP contribution in [0.15, 0.2) is 36.4 Å². The monoisotopic (exact) mass is 328 g/mol. The molecule has 0 radical (unpaired) electrons. The van der Waals surface area contributed by atoms with Crippen LogP contribution in [0.4, 0.5) is 20.3 Å². The zero-order chi connectivity index (χ0) is 17.1. The lowest BCUT2D eigenvalue weighted by Crippen LogP contribution is -2.15. The first-order valence-corrected chi connectivity index (χ1v) is 7.71. The minimum atomic E-state index is -0.915. The fraction of sp³-hybridized carbons (Fsp3) is 0.222. The summed E-state index contributed by atoms with van der Waals surface area (Å²) in [6.45, 7) is 4.93. The van der Waals surface area contributed by atoms with Gasteiger partial charge in [0.1, 0.15) is 11.3 Å². The molecule has 0 saturated carbocycles. The summed E-state index contributed by atoms with van der Waals surface area (Å²) in [7, 11) is 0. The van der Waals surface area contributed by atoms with Gasteiger partial charge in [-0.2, -0.15) is 0 Å². The zero-order valence-electron chi connectivity index (χ0n) is 13.5. The summed E-state index contributed by atoms with van der Waals surface area (Å²) < 4.78 is 27.3. The molecular formula is C18H18F2N4. The van der Waals surface area contributed by atoms with Crippen molar-refractivity contribution in [3.05, 3.63) is 59.4 Å². The Labute approximate surface area is 139 Å². The highest BCUT2D eigenvalue weighted by Crippen LogP contribution is 2.26. The number of benzene rings is 1. The number of pyridine rings is 2. The molecule has 0 aliphatic rings. The number of fused-ring (bicyclic) bond motifs is 1. The molecule has 3 aromatic rings. The fourth-order valence-corrected chi connectivity index (χ4v) is 2.54. The molecule has 2 aromatic heterocycles. The van der Waals surface area contributed by atoms with Crippen molar-refractivity contribution in [2.24, 2.45) is 0 Å². The van der Waals surface area contributed by atoms with E-state index in [1.54, 1.807) is 6.92 Å². The number of hydrogen-bond donors (Lipinski definition) is 2. The molecule has 2 N–H and O–H groups in total. The van der Waals surface area contributed by atoms with Crippen LogP contribution in [-0.2, 0) is 0 Å². The summed E-state index contributed by atoms with van der Waals surface area (Å²) in [6.07, 6.45) is 0. The second-order valence-corrected chi connectivity index (χ2v) is 5.59. The van der Waals surface area contributed by atoms with Crippen LogP contribution in [0, 0.1) is 25.5 Å². The quantitative estimate of drug-likeness (QED) is 0.694. The number of nitrogens with zero attached hydrogens (tertiary/aromatic N) is 2. The Hall–Kier alpha value is -2.76. The van der Waals surface area contributed by atoms with Gasteiger partial charge in [-0.1, -0.05) is 6.07 Å². The SMILES string of the molecule is Cc1cccc(NCCNc2cc(C)nc3c(F)c(F)ccc23)n1. The van der Waals surface area contributed by atoms with Crippen molar-refractivity contribution in [2.45, 2.75) is 13.8 Å². The molecular weight excluding hydrogens is 310 g/mol. The number of aromatic nitrogens is 2. The Balaban J connectivity index is 1.72. The summed E-state index contributed by atoms with van der Waals surface area (Å²) >= 11 is 0. The van der Waals surface area contributed by atoms with Crippen LogP contribution >= 0.6 is 0 Å². The molecule has 0 spiro atoms. The van der Waals surface area contributed by atoms with Gasteiger partial charge in [0.2, 0.25) is 0 Å². The third-order valence-corrected chi connectivity index (χ3v) is 3.64. The van der Waals surface area contributed by atoms with Crippen molar-refractivity contribution in [2.75, 3.05) is 23.7 Å². The van der Waals surface area contributed by atoms with E-state index >= 15 is 0 Å². The van der Waals surface area contributed by atoms with Gasteiger partial charge in [-0.15, -0.1) is 0 Å². The third-order valence-electron chi connectivity index (χ3n) is 3.64. The van der Waals surface area contributed by atoms with E-state index in [1.807, 2.05) is 31.2 Å². The molecule has 4 nitrogen and oxygen atoms in total. The van der Waals surface area contributed by atoms with Crippen LogP contribution in [0.2, 0.25) is 0 Å². The van der Waals surface area contributed by atoms with Crippen molar-refractivity contribution >= 4 is 22.4 Å². The molecule has 0 amide bonds. The van der Waals surface area contributed by atoms with E-state index in [0.717, 1.165) is 23.3 Å². The molecule has 0 bridgehead atoms. The lowest BCUT2D eigenvalue weighted by atomic mass is 10.1. The van der Waals surface area contributed by atoms with E-state index in [4.69, 9.17) is 0 Å². The molecule has 3 rings (SSSR count). The Morgan fingerprint density at radius 2 is 1.71 bits per heavy atom. The van der Waals surface area contributed by atoms with E-state index < -0.39 is 11.6 Å². The standard InChI is InChI=1S/C18H18F2N4/c1-11-4-3-5-16(23-11)22-9-8-21-15-10-12(2)24-18-13(15)6-7-14(19)17(18)20/h3-7,10H,8-9H2,1-2H3,(H,21,24)(H,22,23). The largest absolute Gasteiger partial charge is 0.383 e. The normalized spacial score (nSPS) is 10.8. The smallest absolute Gasteiger partial charge is 0.185 e. The number of halogens is 2. The lowest BCUT2D eigenvalue weighted by molar-refractivity contribution is 0.515. The minimum absolute atomic E-state index is 0.0470. The molecule has 0 fully saturated rings. The predicted octanol–water partition coefficient (Wildman–Crippen LogP) is 4.05. The molecule has 0 aliphatic heterocycles. The van der Waals surface area contributed by atoms with Crippen LogP contribution in [-0.4, -0.2) is 23.1 Å². The van der Waals surface area contributed by atoms with Gasteiger partial charge in [-0.3, -0.25) is 0 Å². The van der Waals surface area contributed by atoms with Crippen LogP contribution in [0.5, 0.6) is 0 Å². The summed E-state index contributed by atoms with van der Waals surface area (Å²) in [4.78, 5) is 8.46. The van der Waals surface area contributed by atoms with Crippen LogP contribution in [0.3, 0.4) is 0 Å². The van der Waals surface area contributed by atoms with Crippen molar-refractivity contribution < 1.29 is 8.78 Å². The number of hydrogen-bond acceptors (Lipinski definition) is 4. The average Bonchev–Trinajstić information content (AvgIpc) is 2.55. The molecule has 0 saturated heterocycles. The lowest BCUT2D eigenvalue weighted by Gasteiger charge is -2.12. The van der Waals surface area contributed by atoms with Crippen LogP contribution in [0.25, 0.3) is 10.9 Å². The van der Waals surface area contributed by atoms with Crippen molar-refractivity contribution in [1.29, 1.82) is 0 Å². The van der Waals surface area contributed by atoms with E-state index in [9.17, 15) is 8.78 Å². The molecule has 6 heteroatoms. The molecule has 2 heterocycles. The summed E-state index contributed by atoms with van der Waals surface area (Å²) in [5.41, 5.74) is 2.35. The molecule has 1 aromatic carbocycles. The van der Waals surface area contributed by atoms with Crippen molar-refractivity contribution in [1.82, 2.24) is 9.97 Å². The average molecular weight is 328 g/mol. The van der Waals surface area contributed by atoms with Gasteiger partial charge in [0.05, 0.1) is 0 Å². The molecule has 24 heavy (non-hydrogen) atoms. The number of aryl methyl sites for hydroxylation is 2. The van der Waals surface area contributed by atoms with Crippen molar-refractivity contribution in [3.8, 4) is 0 Å². The summed E-state index contributed by atoms with van der Waals surface area (Å²) in [5.74, 6) is -0.999. The molecule has 124 valence electrons. The maximum atomic E-state index is 13.9. The number of anilines is 2. The highest BCUT2D eigenvalue weighted by Gasteiger charge is 2.12. The van der Waals surface area contributed by atoms with E-state index in [0.29, 0.717) is 24.2 Å². The highest BCUT2D eigenvalue weighted by molar-refractivity contribution is 5.91. The van der Waals surface area contributed by atoms with Gasteiger partial charge in [0, 0.05) is 35.6 Å². The van der Waals surface area contributed by atoms with Gasteiger partial charge >= 0.3 is 0 Å². The first-order valence-electron chi connectivity index (χ1n) is 7.71. The first kappa shape index (κ1) is 16.1. The summed E-state index contributed by atoms with van der Waals surface area (Å²) in [5, 5.41) is 7.02. The summed E-state index contributed by atoms with van der Waals surface area (Å²) in [6, 6.07) is 10.3. The Bertz CT molecular complexity index is 880. The van der Waals surface area contributed by atoms with E-state index in [1.165, 1.54) is 6.07 Å².